The van der Waals surface area contributed by atoms with Crippen LogP contribution in [0, 0.1) is 17.3 Å². The van der Waals surface area contributed by atoms with E-state index in [0.717, 1.165) is 12.0 Å². The van der Waals surface area contributed by atoms with E-state index in [4.69, 9.17) is 5.11 Å². The smallest absolute Gasteiger partial charge is 0.331 e. The van der Waals surface area contributed by atoms with Crippen LogP contribution in [0.4, 0.5) is 0 Å². The van der Waals surface area contributed by atoms with Crippen LogP contribution in [0.25, 0.3) is 0 Å². The van der Waals surface area contributed by atoms with Gasteiger partial charge in [-0.25, -0.2) is 4.79 Å². The zero-order chi connectivity index (χ0) is 14.4. The van der Waals surface area contributed by atoms with Gasteiger partial charge in [0.05, 0.1) is 12.2 Å². The molecule has 0 radical (unpaired) electrons. The third-order valence-corrected chi connectivity index (χ3v) is 5.01. The molecule has 0 aromatic heterocycles. The average molecular weight is 266 g/mol. The molecular weight excluding hydrogens is 244 g/mol. The molecule has 2 rings (SSSR count). The van der Waals surface area contributed by atoms with E-state index in [1.54, 1.807) is 0 Å². The molecule has 0 aliphatic heterocycles. The van der Waals surface area contributed by atoms with Gasteiger partial charge in [-0.15, -0.1) is 0 Å². The van der Waals surface area contributed by atoms with Crippen molar-refractivity contribution in [3.8, 4) is 0 Å². The van der Waals surface area contributed by atoms with Crippen LogP contribution in [-0.4, -0.2) is 33.5 Å². The monoisotopic (exact) mass is 266 g/mol. The molecule has 1 fully saturated rings. The van der Waals surface area contributed by atoms with Gasteiger partial charge in [-0.2, -0.15) is 0 Å². The van der Waals surface area contributed by atoms with Gasteiger partial charge in [0.1, 0.15) is 0 Å². The van der Waals surface area contributed by atoms with Gasteiger partial charge in [0.15, 0.2) is 0 Å². The highest BCUT2D eigenvalue weighted by molar-refractivity contribution is 5.86. The first kappa shape index (κ1) is 14.3. The second kappa shape index (κ2) is 4.76. The predicted octanol–water partition coefficient (Wildman–Crippen LogP) is 1.73. The van der Waals surface area contributed by atoms with Crippen molar-refractivity contribution in [3.63, 3.8) is 0 Å². The molecule has 4 nitrogen and oxygen atoms in total. The van der Waals surface area contributed by atoms with E-state index in [0.29, 0.717) is 12.8 Å². The minimum atomic E-state index is -0.977. The van der Waals surface area contributed by atoms with Crippen LogP contribution < -0.4 is 0 Å². The van der Waals surface area contributed by atoms with E-state index in [1.807, 2.05) is 19.9 Å². The summed E-state index contributed by atoms with van der Waals surface area (Å²) < 4.78 is 0. The second-order valence-corrected chi connectivity index (χ2v) is 6.12. The Kier molecular flexibility index (Phi) is 3.58. The number of carboxylic acid groups (broad SMARTS) is 1. The Hall–Kier alpha value is -1.13. The van der Waals surface area contributed by atoms with Crippen molar-refractivity contribution in [2.24, 2.45) is 17.3 Å². The van der Waals surface area contributed by atoms with Crippen LogP contribution in [0.2, 0.25) is 0 Å². The van der Waals surface area contributed by atoms with Crippen LogP contribution in [0.1, 0.15) is 33.1 Å². The predicted molar refractivity (Wildman–Crippen MR) is 71.5 cm³/mol. The number of hydrogen-bond donors (Lipinski definition) is 3. The van der Waals surface area contributed by atoms with Crippen molar-refractivity contribution in [3.05, 3.63) is 23.8 Å². The van der Waals surface area contributed by atoms with Crippen LogP contribution in [-0.2, 0) is 4.79 Å². The van der Waals surface area contributed by atoms with Gasteiger partial charge >= 0.3 is 5.97 Å². The highest BCUT2D eigenvalue weighted by atomic mass is 16.4. The standard InChI is InChI=1S/C15H22O4/c1-8(14(18)19)10-4-5-15(3)11(6-10)9(2)12(16)7-13(15)17/h6,9-10,12-13,16-17H,1,4-5,7H2,2-3H3,(H,18,19). The Bertz CT molecular complexity index is 439. The lowest BCUT2D eigenvalue weighted by Crippen LogP contribution is -2.48. The van der Waals surface area contributed by atoms with Crippen molar-refractivity contribution < 1.29 is 20.1 Å². The third kappa shape index (κ3) is 2.23. The molecule has 0 aromatic carbocycles. The summed E-state index contributed by atoms with van der Waals surface area (Å²) in [6, 6.07) is 0. The number of allylic oxidation sites excluding steroid dienone is 1. The molecular formula is C15H22O4. The normalized spacial score (nSPS) is 42.2. The van der Waals surface area contributed by atoms with Crippen LogP contribution in [0.15, 0.2) is 23.8 Å². The topological polar surface area (TPSA) is 77.8 Å². The second-order valence-electron chi connectivity index (χ2n) is 6.12. The van der Waals surface area contributed by atoms with Crippen LogP contribution in [0.5, 0.6) is 0 Å². The SMILES string of the molecule is C=C(C(=O)O)C1C=C2C(C)C(O)CC(O)C2(C)CC1. The summed E-state index contributed by atoms with van der Waals surface area (Å²) in [6.45, 7) is 7.57. The van der Waals surface area contributed by atoms with Crippen molar-refractivity contribution in [1.82, 2.24) is 0 Å². The largest absolute Gasteiger partial charge is 0.478 e. The Labute approximate surface area is 113 Å². The molecule has 4 heteroatoms. The Morgan fingerprint density at radius 1 is 1.47 bits per heavy atom. The first-order valence-electron chi connectivity index (χ1n) is 6.77. The summed E-state index contributed by atoms with van der Waals surface area (Å²) >= 11 is 0. The van der Waals surface area contributed by atoms with Gasteiger partial charge in [0.25, 0.3) is 0 Å². The maximum Gasteiger partial charge on any atom is 0.331 e. The van der Waals surface area contributed by atoms with Crippen molar-refractivity contribution in [2.45, 2.75) is 45.3 Å². The van der Waals surface area contributed by atoms with Gasteiger partial charge in [0, 0.05) is 29.2 Å². The molecule has 2 aliphatic rings. The first-order valence-corrected chi connectivity index (χ1v) is 6.77. The number of fused-ring (bicyclic) bond motifs is 1. The van der Waals surface area contributed by atoms with Gasteiger partial charge in [-0.1, -0.05) is 32.1 Å². The molecule has 0 spiro atoms. The molecule has 19 heavy (non-hydrogen) atoms. The fraction of sp³-hybridized carbons (Fsp3) is 0.667. The molecule has 1 saturated carbocycles. The lowest BCUT2D eigenvalue weighted by molar-refractivity contribution is -0.133. The quantitative estimate of drug-likeness (QED) is 0.525. The Balaban J connectivity index is 2.37. The number of rotatable bonds is 2. The molecule has 2 aliphatic carbocycles. The van der Waals surface area contributed by atoms with E-state index >= 15 is 0 Å². The zero-order valence-electron chi connectivity index (χ0n) is 11.5. The summed E-state index contributed by atoms with van der Waals surface area (Å²) in [5.41, 5.74) is 0.835. The van der Waals surface area contributed by atoms with Gasteiger partial charge in [-0.3, -0.25) is 0 Å². The number of aliphatic carboxylic acids is 1. The minimum Gasteiger partial charge on any atom is -0.478 e. The molecule has 0 amide bonds. The Morgan fingerprint density at radius 3 is 2.68 bits per heavy atom. The zero-order valence-corrected chi connectivity index (χ0v) is 11.5. The van der Waals surface area contributed by atoms with Crippen molar-refractivity contribution in [2.75, 3.05) is 0 Å². The molecule has 0 aromatic rings. The van der Waals surface area contributed by atoms with E-state index in [2.05, 4.69) is 6.58 Å². The van der Waals surface area contributed by atoms with Gasteiger partial charge in [-0.05, 0) is 12.8 Å². The molecule has 106 valence electrons. The molecule has 0 saturated heterocycles. The molecule has 5 unspecified atom stereocenters. The number of hydrogen-bond acceptors (Lipinski definition) is 3. The maximum atomic E-state index is 11.0. The van der Waals surface area contributed by atoms with Crippen molar-refractivity contribution in [1.29, 1.82) is 0 Å². The average Bonchev–Trinajstić information content (AvgIpc) is 2.35. The fourth-order valence-electron chi connectivity index (χ4n) is 3.45. The van der Waals surface area contributed by atoms with Crippen LogP contribution >= 0.6 is 0 Å². The third-order valence-electron chi connectivity index (χ3n) is 5.01. The minimum absolute atomic E-state index is 0.0437. The van der Waals surface area contributed by atoms with E-state index < -0.39 is 18.2 Å². The van der Waals surface area contributed by atoms with E-state index in [9.17, 15) is 15.0 Å². The lowest BCUT2D eigenvalue weighted by atomic mass is 9.58. The fourth-order valence-corrected chi connectivity index (χ4v) is 3.45. The summed E-state index contributed by atoms with van der Waals surface area (Å²) in [5, 5.41) is 29.3. The van der Waals surface area contributed by atoms with Gasteiger partial charge in [0.2, 0.25) is 0 Å². The first-order chi connectivity index (χ1) is 8.77. The summed E-state index contributed by atoms with van der Waals surface area (Å²) in [6.07, 6.45) is 2.59. The summed E-state index contributed by atoms with van der Waals surface area (Å²) in [4.78, 5) is 11.0. The highest BCUT2D eigenvalue weighted by Gasteiger charge is 2.48. The Morgan fingerprint density at radius 2 is 2.11 bits per heavy atom. The summed E-state index contributed by atoms with van der Waals surface area (Å²) in [5.74, 6) is -1.21. The number of carbonyl (C=O) groups is 1. The molecule has 5 atom stereocenters. The number of aliphatic hydroxyl groups is 2. The number of aliphatic hydroxyl groups excluding tert-OH is 2. The highest BCUT2D eigenvalue weighted by Crippen LogP contribution is 2.51. The molecule has 3 N–H and O–H groups in total. The summed E-state index contributed by atoms with van der Waals surface area (Å²) in [7, 11) is 0. The molecule has 0 heterocycles. The van der Waals surface area contributed by atoms with Crippen LogP contribution in [0.3, 0.4) is 0 Å². The number of carboxylic acids is 1. The van der Waals surface area contributed by atoms with Gasteiger partial charge < -0.3 is 15.3 Å². The maximum absolute atomic E-state index is 11.0. The molecule has 0 bridgehead atoms. The van der Waals surface area contributed by atoms with Crippen molar-refractivity contribution >= 4 is 5.97 Å². The van der Waals surface area contributed by atoms with E-state index in [1.165, 1.54) is 0 Å². The van der Waals surface area contributed by atoms with E-state index in [-0.39, 0.29) is 22.8 Å². The lowest BCUT2D eigenvalue weighted by Gasteiger charge is -2.49.